The quantitative estimate of drug-likeness (QED) is 0.876. The zero-order chi connectivity index (χ0) is 14.4. The largest absolute Gasteiger partial charge is 0.378 e. The van der Waals surface area contributed by atoms with Crippen molar-refractivity contribution in [3.63, 3.8) is 0 Å². The van der Waals surface area contributed by atoms with Crippen LogP contribution in [-0.4, -0.2) is 41.6 Å². The summed E-state index contributed by atoms with van der Waals surface area (Å²) in [4.78, 5) is 14.5. The molecule has 118 valence electrons. The second-order valence-electron chi connectivity index (χ2n) is 5.33. The van der Waals surface area contributed by atoms with Crippen molar-refractivity contribution in [2.75, 3.05) is 19.6 Å². The van der Waals surface area contributed by atoms with E-state index < -0.39 is 6.10 Å². The molecular formula is C16H25ClN2O2. The highest BCUT2D eigenvalue weighted by atomic mass is 35.5. The smallest absolute Gasteiger partial charge is 0.256 e. The van der Waals surface area contributed by atoms with Crippen molar-refractivity contribution in [2.45, 2.75) is 38.3 Å². The van der Waals surface area contributed by atoms with Gasteiger partial charge < -0.3 is 15.3 Å². The molecule has 1 aliphatic rings. The van der Waals surface area contributed by atoms with Crippen LogP contribution in [0.5, 0.6) is 0 Å². The maximum absolute atomic E-state index is 12.6. The van der Waals surface area contributed by atoms with E-state index >= 15 is 0 Å². The summed E-state index contributed by atoms with van der Waals surface area (Å²) >= 11 is 0. The lowest BCUT2D eigenvalue weighted by molar-refractivity contribution is -0.143. The van der Waals surface area contributed by atoms with E-state index in [1.165, 1.54) is 0 Å². The van der Waals surface area contributed by atoms with Crippen LogP contribution < -0.4 is 5.32 Å². The van der Waals surface area contributed by atoms with Crippen LogP contribution in [0.25, 0.3) is 0 Å². The Labute approximate surface area is 132 Å². The maximum Gasteiger partial charge on any atom is 0.256 e. The van der Waals surface area contributed by atoms with E-state index in [9.17, 15) is 9.90 Å². The van der Waals surface area contributed by atoms with Gasteiger partial charge in [0.1, 0.15) is 0 Å². The first-order valence-corrected chi connectivity index (χ1v) is 7.48. The van der Waals surface area contributed by atoms with E-state index in [1.54, 1.807) is 12.1 Å². The fourth-order valence-corrected chi connectivity index (χ4v) is 2.77. The Bertz CT molecular complexity index is 422. The summed E-state index contributed by atoms with van der Waals surface area (Å²) in [5.41, 5.74) is 0.674. The van der Waals surface area contributed by atoms with Gasteiger partial charge in [-0.2, -0.15) is 0 Å². The number of amides is 1. The van der Waals surface area contributed by atoms with E-state index in [2.05, 4.69) is 12.2 Å². The molecule has 1 aliphatic heterocycles. The van der Waals surface area contributed by atoms with Crippen molar-refractivity contribution in [2.24, 2.45) is 0 Å². The molecule has 2 N–H and O–H groups in total. The third kappa shape index (κ3) is 4.70. The number of aliphatic hydroxyl groups excluding tert-OH is 1. The highest BCUT2D eigenvalue weighted by Gasteiger charge is 2.29. The van der Waals surface area contributed by atoms with E-state index in [0.717, 1.165) is 32.4 Å². The number of halogens is 1. The maximum atomic E-state index is 12.6. The fraction of sp³-hybridized carbons (Fsp3) is 0.562. The number of carbonyl (C=O) groups is 1. The zero-order valence-electron chi connectivity index (χ0n) is 12.5. The van der Waals surface area contributed by atoms with Crippen LogP contribution in [0.1, 0.15) is 37.9 Å². The van der Waals surface area contributed by atoms with Gasteiger partial charge in [-0.15, -0.1) is 12.4 Å². The Kier molecular flexibility index (Phi) is 7.72. The summed E-state index contributed by atoms with van der Waals surface area (Å²) in [6.07, 6.45) is 1.80. The third-order valence-electron chi connectivity index (χ3n) is 3.85. The van der Waals surface area contributed by atoms with Gasteiger partial charge >= 0.3 is 0 Å². The molecule has 1 amide bonds. The number of aliphatic hydroxyl groups is 1. The van der Waals surface area contributed by atoms with E-state index in [-0.39, 0.29) is 24.4 Å². The van der Waals surface area contributed by atoms with Gasteiger partial charge in [0.15, 0.2) is 6.10 Å². The first-order valence-electron chi connectivity index (χ1n) is 7.48. The van der Waals surface area contributed by atoms with Gasteiger partial charge in [-0.05, 0) is 37.9 Å². The lowest BCUT2D eigenvalue weighted by Crippen LogP contribution is -2.48. The van der Waals surface area contributed by atoms with Crippen molar-refractivity contribution < 1.29 is 9.90 Å². The molecule has 21 heavy (non-hydrogen) atoms. The average Bonchev–Trinajstić information content (AvgIpc) is 2.53. The Morgan fingerprint density at radius 3 is 2.52 bits per heavy atom. The van der Waals surface area contributed by atoms with Gasteiger partial charge in [0.05, 0.1) is 0 Å². The first-order chi connectivity index (χ1) is 9.74. The topological polar surface area (TPSA) is 52.6 Å². The van der Waals surface area contributed by atoms with Crippen LogP contribution in [0.4, 0.5) is 0 Å². The molecule has 1 aromatic carbocycles. The molecule has 2 rings (SSSR count). The predicted octanol–water partition coefficient (Wildman–Crippen LogP) is 2.13. The highest BCUT2D eigenvalue weighted by molar-refractivity contribution is 5.85. The molecule has 0 aromatic heterocycles. The standard InChI is InChI=1S/C16H24N2O2.ClH/c1-2-12-18(14-8-10-17-11-9-14)16(20)15(19)13-6-4-3-5-7-13;/h3-7,14-15,17,19H,2,8-12H2,1H3;1H. The highest BCUT2D eigenvalue weighted by Crippen LogP contribution is 2.20. The molecule has 1 saturated heterocycles. The number of rotatable bonds is 5. The van der Waals surface area contributed by atoms with Crippen LogP contribution in [-0.2, 0) is 4.79 Å². The summed E-state index contributed by atoms with van der Waals surface area (Å²) in [6.45, 7) is 4.67. The summed E-state index contributed by atoms with van der Waals surface area (Å²) in [7, 11) is 0. The molecule has 1 fully saturated rings. The first kappa shape index (κ1) is 18.0. The van der Waals surface area contributed by atoms with Crippen molar-refractivity contribution in [1.29, 1.82) is 0 Å². The Hall–Kier alpha value is -1.10. The monoisotopic (exact) mass is 312 g/mol. The number of benzene rings is 1. The molecule has 4 nitrogen and oxygen atoms in total. The van der Waals surface area contributed by atoms with Gasteiger partial charge in [0.25, 0.3) is 5.91 Å². The summed E-state index contributed by atoms with van der Waals surface area (Å²) in [6, 6.07) is 9.44. The molecule has 1 heterocycles. The molecule has 0 bridgehead atoms. The molecule has 1 aromatic rings. The summed E-state index contributed by atoms with van der Waals surface area (Å²) in [5, 5.41) is 13.6. The normalized spacial score (nSPS) is 16.9. The predicted molar refractivity (Wildman–Crippen MR) is 86.5 cm³/mol. The molecule has 0 saturated carbocycles. The van der Waals surface area contributed by atoms with Crippen LogP contribution in [0, 0.1) is 0 Å². The Balaban J connectivity index is 0.00000220. The SMILES string of the molecule is CCCN(C(=O)C(O)c1ccccc1)C1CCNCC1.Cl. The number of piperidine rings is 1. The lowest BCUT2D eigenvalue weighted by Gasteiger charge is -2.35. The van der Waals surface area contributed by atoms with Gasteiger partial charge in [-0.3, -0.25) is 4.79 Å². The molecule has 0 aliphatic carbocycles. The number of carbonyl (C=O) groups excluding carboxylic acids is 1. The molecule has 1 unspecified atom stereocenters. The van der Waals surface area contributed by atoms with Gasteiger partial charge in [-0.25, -0.2) is 0 Å². The number of hydrogen-bond donors (Lipinski definition) is 2. The van der Waals surface area contributed by atoms with Crippen molar-refractivity contribution in [3.05, 3.63) is 35.9 Å². The minimum atomic E-state index is -1.04. The number of nitrogens with one attached hydrogen (secondary N) is 1. The third-order valence-corrected chi connectivity index (χ3v) is 3.85. The number of nitrogens with zero attached hydrogens (tertiary/aromatic N) is 1. The van der Waals surface area contributed by atoms with Crippen molar-refractivity contribution in [1.82, 2.24) is 10.2 Å². The number of hydrogen-bond acceptors (Lipinski definition) is 3. The van der Waals surface area contributed by atoms with Crippen LogP contribution in [0.2, 0.25) is 0 Å². The van der Waals surface area contributed by atoms with Gasteiger partial charge in [-0.1, -0.05) is 37.3 Å². The fourth-order valence-electron chi connectivity index (χ4n) is 2.77. The lowest BCUT2D eigenvalue weighted by atomic mass is 10.0. The van der Waals surface area contributed by atoms with E-state index in [4.69, 9.17) is 0 Å². The second kappa shape index (κ2) is 9.03. The Morgan fingerprint density at radius 2 is 1.95 bits per heavy atom. The molecule has 5 heteroatoms. The average molecular weight is 313 g/mol. The summed E-state index contributed by atoms with van der Waals surface area (Å²) < 4.78 is 0. The minimum absolute atomic E-state index is 0. The Morgan fingerprint density at radius 1 is 1.33 bits per heavy atom. The molecular weight excluding hydrogens is 288 g/mol. The molecule has 0 spiro atoms. The van der Waals surface area contributed by atoms with Crippen molar-refractivity contribution in [3.8, 4) is 0 Å². The van der Waals surface area contributed by atoms with Crippen LogP contribution >= 0.6 is 12.4 Å². The van der Waals surface area contributed by atoms with E-state index in [0.29, 0.717) is 12.1 Å². The van der Waals surface area contributed by atoms with Crippen molar-refractivity contribution >= 4 is 18.3 Å². The van der Waals surface area contributed by atoms with Gasteiger partial charge in [0, 0.05) is 12.6 Å². The van der Waals surface area contributed by atoms with Crippen LogP contribution in [0.15, 0.2) is 30.3 Å². The zero-order valence-corrected chi connectivity index (χ0v) is 13.3. The van der Waals surface area contributed by atoms with Gasteiger partial charge in [0.2, 0.25) is 0 Å². The minimum Gasteiger partial charge on any atom is -0.378 e. The molecule has 0 radical (unpaired) electrons. The second-order valence-corrected chi connectivity index (χ2v) is 5.33. The van der Waals surface area contributed by atoms with E-state index in [1.807, 2.05) is 23.1 Å². The summed E-state index contributed by atoms with van der Waals surface area (Å²) in [5.74, 6) is -0.162. The molecule has 1 atom stereocenters. The van der Waals surface area contributed by atoms with Crippen LogP contribution in [0.3, 0.4) is 0 Å².